The van der Waals surface area contributed by atoms with Gasteiger partial charge >= 0.3 is 0 Å². The highest BCUT2D eigenvalue weighted by Gasteiger charge is 2.20. The van der Waals surface area contributed by atoms with Crippen LogP contribution in [0, 0.1) is 5.92 Å². The first-order valence-corrected chi connectivity index (χ1v) is 5.95. The Kier molecular flexibility index (Phi) is 3.90. The third-order valence-corrected chi connectivity index (χ3v) is 2.90. The van der Waals surface area contributed by atoms with Crippen molar-refractivity contribution in [2.45, 2.75) is 38.6 Å². The topological polar surface area (TPSA) is 74.2 Å². The van der Waals surface area contributed by atoms with Gasteiger partial charge in [-0.25, -0.2) is 0 Å². The highest BCUT2D eigenvalue weighted by molar-refractivity contribution is 4.93. The molecule has 16 heavy (non-hydrogen) atoms. The standard InChI is InChI=1S/C11H19N3O2/c1-2-3-9(12)11-13-10(14-16-11)6-8-4-5-15-7-8/h8-9H,2-7,12H2,1H3/t8?,9-/m1/s1. The molecule has 0 saturated carbocycles. The van der Waals surface area contributed by atoms with Crippen molar-refractivity contribution in [3.8, 4) is 0 Å². The lowest BCUT2D eigenvalue weighted by atomic mass is 10.1. The first-order chi connectivity index (χ1) is 7.79. The van der Waals surface area contributed by atoms with Crippen LogP contribution in [-0.2, 0) is 11.2 Å². The van der Waals surface area contributed by atoms with Gasteiger partial charge in [0.2, 0.25) is 5.89 Å². The van der Waals surface area contributed by atoms with Gasteiger partial charge in [-0.2, -0.15) is 4.98 Å². The number of aromatic nitrogens is 2. The molecule has 1 saturated heterocycles. The summed E-state index contributed by atoms with van der Waals surface area (Å²) in [7, 11) is 0. The second kappa shape index (κ2) is 5.41. The zero-order valence-electron chi connectivity index (χ0n) is 9.69. The summed E-state index contributed by atoms with van der Waals surface area (Å²) in [4.78, 5) is 4.33. The Morgan fingerprint density at radius 3 is 3.12 bits per heavy atom. The molecule has 2 heterocycles. The van der Waals surface area contributed by atoms with E-state index in [1.807, 2.05) is 0 Å². The molecular weight excluding hydrogens is 206 g/mol. The predicted molar refractivity (Wildman–Crippen MR) is 58.8 cm³/mol. The molecule has 5 nitrogen and oxygen atoms in total. The largest absolute Gasteiger partial charge is 0.381 e. The minimum atomic E-state index is -0.119. The van der Waals surface area contributed by atoms with E-state index >= 15 is 0 Å². The van der Waals surface area contributed by atoms with Gasteiger partial charge < -0.3 is 15.0 Å². The van der Waals surface area contributed by atoms with E-state index in [2.05, 4.69) is 17.1 Å². The molecule has 1 unspecified atom stereocenters. The lowest BCUT2D eigenvalue weighted by molar-refractivity contribution is 0.185. The Bertz CT molecular complexity index is 321. The van der Waals surface area contributed by atoms with Crippen molar-refractivity contribution in [2.75, 3.05) is 13.2 Å². The van der Waals surface area contributed by atoms with E-state index in [4.69, 9.17) is 15.0 Å². The maximum absolute atomic E-state index is 5.91. The summed E-state index contributed by atoms with van der Waals surface area (Å²) < 4.78 is 10.5. The van der Waals surface area contributed by atoms with Crippen molar-refractivity contribution in [1.82, 2.24) is 10.1 Å². The summed E-state index contributed by atoms with van der Waals surface area (Å²) in [5, 5.41) is 3.96. The average Bonchev–Trinajstić information content (AvgIpc) is 2.90. The van der Waals surface area contributed by atoms with Crippen LogP contribution in [0.5, 0.6) is 0 Å². The molecule has 1 aliphatic rings. The molecule has 0 aliphatic carbocycles. The SMILES string of the molecule is CCC[C@@H](N)c1nc(CC2CCOC2)no1. The summed E-state index contributed by atoms with van der Waals surface area (Å²) in [6, 6.07) is -0.119. The molecule has 1 fully saturated rings. The van der Waals surface area contributed by atoms with Gasteiger partial charge in [0.15, 0.2) is 5.82 Å². The van der Waals surface area contributed by atoms with E-state index in [-0.39, 0.29) is 6.04 Å². The molecule has 0 radical (unpaired) electrons. The van der Waals surface area contributed by atoms with Crippen LogP contribution in [0.4, 0.5) is 0 Å². The second-order valence-electron chi connectivity index (χ2n) is 4.38. The van der Waals surface area contributed by atoms with E-state index in [9.17, 15) is 0 Å². The summed E-state index contributed by atoms with van der Waals surface area (Å²) in [6.07, 6.45) is 3.83. The monoisotopic (exact) mass is 225 g/mol. The lowest BCUT2D eigenvalue weighted by Crippen LogP contribution is -2.10. The minimum absolute atomic E-state index is 0.119. The number of ether oxygens (including phenoxy) is 1. The summed E-state index contributed by atoms with van der Waals surface area (Å²) in [5.74, 6) is 1.86. The van der Waals surface area contributed by atoms with Crippen molar-refractivity contribution in [3.63, 3.8) is 0 Å². The fourth-order valence-corrected chi connectivity index (χ4v) is 1.94. The van der Waals surface area contributed by atoms with Crippen molar-refractivity contribution in [1.29, 1.82) is 0 Å². The fraction of sp³-hybridized carbons (Fsp3) is 0.818. The molecule has 2 N–H and O–H groups in total. The van der Waals surface area contributed by atoms with Crippen LogP contribution in [0.1, 0.15) is 43.9 Å². The van der Waals surface area contributed by atoms with Crippen molar-refractivity contribution < 1.29 is 9.26 Å². The van der Waals surface area contributed by atoms with Crippen molar-refractivity contribution in [3.05, 3.63) is 11.7 Å². The molecule has 2 atom stereocenters. The third kappa shape index (κ3) is 2.80. The average molecular weight is 225 g/mol. The highest BCUT2D eigenvalue weighted by atomic mass is 16.5. The fourth-order valence-electron chi connectivity index (χ4n) is 1.94. The Morgan fingerprint density at radius 1 is 1.56 bits per heavy atom. The first kappa shape index (κ1) is 11.5. The summed E-state index contributed by atoms with van der Waals surface area (Å²) in [6.45, 7) is 3.75. The van der Waals surface area contributed by atoms with E-state index in [0.29, 0.717) is 11.8 Å². The van der Waals surface area contributed by atoms with E-state index in [0.717, 1.165) is 44.7 Å². The quantitative estimate of drug-likeness (QED) is 0.821. The molecule has 0 bridgehead atoms. The Labute approximate surface area is 95.3 Å². The molecule has 5 heteroatoms. The zero-order chi connectivity index (χ0) is 11.4. The minimum Gasteiger partial charge on any atom is -0.381 e. The van der Waals surface area contributed by atoms with Crippen LogP contribution in [0.25, 0.3) is 0 Å². The second-order valence-corrected chi connectivity index (χ2v) is 4.38. The Morgan fingerprint density at radius 2 is 2.44 bits per heavy atom. The smallest absolute Gasteiger partial charge is 0.243 e. The van der Waals surface area contributed by atoms with Gasteiger partial charge in [-0.15, -0.1) is 0 Å². The van der Waals surface area contributed by atoms with Crippen LogP contribution < -0.4 is 5.73 Å². The zero-order valence-corrected chi connectivity index (χ0v) is 9.69. The van der Waals surface area contributed by atoms with Gasteiger partial charge in [0, 0.05) is 19.6 Å². The van der Waals surface area contributed by atoms with Crippen LogP contribution in [0.2, 0.25) is 0 Å². The number of hydrogen-bond acceptors (Lipinski definition) is 5. The van der Waals surface area contributed by atoms with Crippen LogP contribution in [-0.4, -0.2) is 23.4 Å². The molecule has 90 valence electrons. The summed E-state index contributed by atoms with van der Waals surface area (Å²) >= 11 is 0. The van der Waals surface area contributed by atoms with Crippen LogP contribution >= 0.6 is 0 Å². The maximum Gasteiger partial charge on any atom is 0.243 e. The van der Waals surface area contributed by atoms with Gasteiger partial charge in [0.1, 0.15) is 0 Å². The molecule has 0 amide bonds. The molecule has 0 aromatic carbocycles. The summed E-state index contributed by atoms with van der Waals surface area (Å²) in [5.41, 5.74) is 5.91. The molecule has 1 aromatic heterocycles. The van der Waals surface area contributed by atoms with Gasteiger partial charge in [0.05, 0.1) is 6.04 Å². The number of nitrogens with zero attached hydrogens (tertiary/aromatic N) is 2. The van der Waals surface area contributed by atoms with Gasteiger partial charge in [-0.3, -0.25) is 0 Å². The van der Waals surface area contributed by atoms with Crippen LogP contribution in [0.15, 0.2) is 4.52 Å². The Hall–Kier alpha value is -0.940. The van der Waals surface area contributed by atoms with Crippen molar-refractivity contribution in [2.24, 2.45) is 11.7 Å². The van der Waals surface area contributed by atoms with E-state index in [1.54, 1.807) is 0 Å². The molecule has 1 aromatic rings. The van der Waals surface area contributed by atoms with Gasteiger partial charge in [-0.05, 0) is 18.8 Å². The predicted octanol–water partition coefficient (Wildman–Crippen LogP) is 1.45. The molecule has 0 spiro atoms. The Balaban J connectivity index is 1.90. The van der Waals surface area contributed by atoms with E-state index < -0.39 is 0 Å². The lowest BCUT2D eigenvalue weighted by Gasteiger charge is -2.03. The number of hydrogen-bond donors (Lipinski definition) is 1. The normalized spacial score (nSPS) is 22.5. The first-order valence-electron chi connectivity index (χ1n) is 5.95. The van der Waals surface area contributed by atoms with E-state index in [1.165, 1.54) is 0 Å². The van der Waals surface area contributed by atoms with Gasteiger partial charge in [0.25, 0.3) is 0 Å². The molecule has 1 aliphatic heterocycles. The maximum atomic E-state index is 5.91. The number of nitrogens with two attached hydrogens (primary N) is 1. The molecule has 2 rings (SSSR count). The number of rotatable bonds is 5. The van der Waals surface area contributed by atoms with Gasteiger partial charge in [-0.1, -0.05) is 18.5 Å². The van der Waals surface area contributed by atoms with Crippen molar-refractivity contribution >= 4 is 0 Å². The highest BCUT2D eigenvalue weighted by Crippen LogP contribution is 2.18. The molecular formula is C11H19N3O2. The third-order valence-electron chi connectivity index (χ3n) is 2.90. The van der Waals surface area contributed by atoms with Crippen LogP contribution in [0.3, 0.4) is 0 Å².